The molecule has 0 spiro atoms. The first-order valence-electron chi connectivity index (χ1n) is 7.25. The highest BCUT2D eigenvalue weighted by Gasteiger charge is 2.22. The van der Waals surface area contributed by atoms with Crippen molar-refractivity contribution in [3.05, 3.63) is 23.8 Å². The Bertz CT molecular complexity index is 482. The van der Waals surface area contributed by atoms with Gasteiger partial charge in [-0.3, -0.25) is 4.79 Å². The van der Waals surface area contributed by atoms with Crippen molar-refractivity contribution in [2.45, 2.75) is 25.3 Å². The van der Waals surface area contributed by atoms with E-state index in [0.29, 0.717) is 30.3 Å². The first-order chi connectivity index (χ1) is 9.84. The van der Waals surface area contributed by atoms with E-state index in [4.69, 9.17) is 9.47 Å². The van der Waals surface area contributed by atoms with Gasteiger partial charge in [0.15, 0.2) is 11.5 Å². The molecule has 108 valence electrons. The van der Waals surface area contributed by atoms with Crippen molar-refractivity contribution in [1.29, 1.82) is 0 Å². The number of amides is 1. The molecule has 0 radical (unpaired) electrons. The molecule has 5 nitrogen and oxygen atoms in total. The monoisotopic (exact) mass is 276 g/mol. The first kappa shape index (κ1) is 13.2. The van der Waals surface area contributed by atoms with E-state index in [1.165, 1.54) is 6.42 Å². The summed E-state index contributed by atoms with van der Waals surface area (Å²) in [4.78, 5) is 12.4. The number of nitrogens with one attached hydrogen (secondary N) is 2. The fourth-order valence-corrected chi connectivity index (χ4v) is 2.66. The molecule has 2 heterocycles. The Labute approximate surface area is 118 Å². The molecule has 2 aliphatic heterocycles. The van der Waals surface area contributed by atoms with Crippen LogP contribution in [0, 0.1) is 0 Å². The average Bonchev–Trinajstić information content (AvgIpc) is 2.75. The van der Waals surface area contributed by atoms with E-state index in [-0.39, 0.29) is 11.9 Å². The van der Waals surface area contributed by atoms with Crippen molar-refractivity contribution in [2.75, 3.05) is 26.3 Å². The number of rotatable bonds is 2. The van der Waals surface area contributed by atoms with E-state index in [1.807, 2.05) is 12.1 Å². The second-order valence-corrected chi connectivity index (χ2v) is 5.20. The third kappa shape index (κ3) is 2.88. The molecule has 3 rings (SSSR count). The van der Waals surface area contributed by atoms with Crippen LogP contribution in [0.2, 0.25) is 0 Å². The van der Waals surface area contributed by atoms with Gasteiger partial charge < -0.3 is 20.1 Å². The lowest BCUT2D eigenvalue weighted by Gasteiger charge is -2.22. The van der Waals surface area contributed by atoms with Crippen LogP contribution in [0.25, 0.3) is 0 Å². The second kappa shape index (κ2) is 6.13. The topological polar surface area (TPSA) is 59.6 Å². The van der Waals surface area contributed by atoms with Gasteiger partial charge in [-0.05, 0) is 31.5 Å². The number of carbonyl (C=O) groups is 1. The van der Waals surface area contributed by atoms with Crippen molar-refractivity contribution in [3.63, 3.8) is 0 Å². The maximum atomic E-state index is 12.4. The fraction of sp³-hybridized carbons (Fsp3) is 0.533. The molecule has 1 amide bonds. The van der Waals surface area contributed by atoms with E-state index >= 15 is 0 Å². The largest absolute Gasteiger partial charge is 0.486 e. The van der Waals surface area contributed by atoms with Crippen molar-refractivity contribution < 1.29 is 14.3 Å². The number of carbonyl (C=O) groups excluding carboxylic acids is 1. The molecule has 2 aliphatic rings. The molecule has 0 saturated carbocycles. The molecule has 1 aromatic rings. The molecule has 1 aromatic carbocycles. The molecule has 1 fully saturated rings. The lowest BCUT2D eigenvalue weighted by Crippen LogP contribution is -2.41. The minimum Gasteiger partial charge on any atom is -0.486 e. The molecule has 0 bridgehead atoms. The van der Waals surface area contributed by atoms with Crippen LogP contribution < -0.4 is 20.1 Å². The van der Waals surface area contributed by atoms with Crippen LogP contribution in [0.5, 0.6) is 11.5 Å². The number of hydrogen-bond donors (Lipinski definition) is 2. The van der Waals surface area contributed by atoms with Gasteiger partial charge in [-0.25, -0.2) is 0 Å². The number of hydrogen-bond acceptors (Lipinski definition) is 4. The summed E-state index contributed by atoms with van der Waals surface area (Å²) in [6.45, 7) is 2.88. The van der Waals surface area contributed by atoms with E-state index < -0.39 is 0 Å². The zero-order valence-electron chi connectivity index (χ0n) is 11.5. The Hall–Kier alpha value is -1.75. The number of ether oxygens (including phenoxy) is 2. The van der Waals surface area contributed by atoms with Gasteiger partial charge in [0.05, 0.1) is 5.56 Å². The van der Waals surface area contributed by atoms with Gasteiger partial charge in [0, 0.05) is 12.6 Å². The molecular weight excluding hydrogens is 256 g/mol. The predicted octanol–water partition coefficient (Wildman–Crippen LogP) is 1.33. The molecule has 0 aliphatic carbocycles. The predicted molar refractivity (Wildman–Crippen MR) is 75.4 cm³/mol. The van der Waals surface area contributed by atoms with E-state index in [2.05, 4.69) is 10.6 Å². The molecule has 1 saturated heterocycles. The fourth-order valence-electron chi connectivity index (χ4n) is 2.66. The highest BCUT2D eigenvalue weighted by molar-refractivity contribution is 5.98. The molecule has 0 aromatic heterocycles. The van der Waals surface area contributed by atoms with Gasteiger partial charge in [0.2, 0.25) is 0 Å². The zero-order chi connectivity index (χ0) is 13.8. The van der Waals surface area contributed by atoms with E-state index in [0.717, 1.165) is 25.9 Å². The normalized spacial score (nSPS) is 21.9. The number of fused-ring (bicyclic) bond motifs is 1. The van der Waals surface area contributed by atoms with E-state index in [1.54, 1.807) is 6.07 Å². The summed E-state index contributed by atoms with van der Waals surface area (Å²) in [5.41, 5.74) is 0.562. The van der Waals surface area contributed by atoms with Crippen molar-refractivity contribution >= 4 is 5.91 Å². The highest BCUT2D eigenvalue weighted by atomic mass is 16.6. The Morgan fingerprint density at radius 1 is 1.25 bits per heavy atom. The van der Waals surface area contributed by atoms with Crippen LogP contribution in [0.4, 0.5) is 0 Å². The standard InChI is InChI=1S/C15H20N2O3/c18-15(17-11-4-1-2-7-16-10-11)12-5-3-6-13-14(12)20-9-8-19-13/h3,5-6,11,16H,1-2,4,7-10H2,(H,17,18). The Kier molecular flexibility index (Phi) is 4.06. The minimum absolute atomic E-state index is 0.0824. The van der Waals surface area contributed by atoms with Crippen molar-refractivity contribution in [3.8, 4) is 11.5 Å². The number of benzene rings is 1. The zero-order valence-corrected chi connectivity index (χ0v) is 11.5. The van der Waals surface area contributed by atoms with Crippen LogP contribution in [-0.4, -0.2) is 38.3 Å². The third-order valence-electron chi connectivity index (χ3n) is 3.69. The summed E-state index contributed by atoms with van der Waals surface area (Å²) < 4.78 is 11.1. The van der Waals surface area contributed by atoms with Crippen LogP contribution in [0.15, 0.2) is 18.2 Å². The van der Waals surface area contributed by atoms with Gasteiger partial charge in [-0.15, -0.1) is 0 Å². The third-order valence-corrected chi connectivity index (χ3v) is 3.69. The van der Waals surface area contributed by atoms with Crippen LogP contribution >= 0.6 is 0 Å². The van der Waals surface area contributed by atoms with Crippen LogP contribution in [0.3, 0.4) is 0 Å². The Balaban J connectivity index is 1.73. The smallest absolute Gasteiger partial charge is 0.255 e. The maximum Gasteiger partial charge on any atom is 0.255 e. The quantitative estimate of drug-likeness (QED) is 0.855. The average molecular weight is 276 g/mol. The lowest BCUT2D eigenvalue weighted by atomic mass is 10.1. The van der Waals surface area contributed by atoms with Gasteiger partial charge >= 0.3 is 0 Å². The minimum atomic E-state index is -0.0824. The van der Waals surface area contributed by atoms with Crippen LogP contribution in [-0.2, 0) is 0 Å². The SMILES string of the molecule is O=C(NC1CCCCNC1)c1cccc2c1OCCO2. The van der Waals surface area contributed by atoms with Gasteiger partial charge in [0.1, 0.15) is 13.2 Å². The summed E-state index contributed by atoms with van der Waals surface area (Å²) in [6.07, 6.45) is 3.33. The Morgan fingerprint density at radius 3 is 3.10 bits per heavy atom. The molecule has 2 N–H and O–H groups in total. The first-order valence-corrected chi connectivity index (χ1v) is 7.25. The van der Waals surface area contributed by atoms with Gasteiger partial charge in [0.25, 0.3) is 5.91 Å². The summed E-state index contributed by atoms with van der Waals surface area (Å²) in [6, 6.07) is 5.63. The van der Waals surface area contributed by atoms with Gasteiger partial charge in [-0.1, -0.05) is 12.5 Å². The second-order valence-electron chi connectivity index (χ2n) is 5.20. The Morgan fingerprint density at radius 2 is 2.15 bits per heavy atom. The molecule has 20 heavy (non-hydrogen) atoms. The molecule has 1 atom stereocenters. The summed E-state index contributed by atoms with van der Waals surface area (Å²) in [5.74, 6) is 1.14. The molecular formula is C15H20N2O3. The van der Waals surface area contributed by atoms with Crippen LogP contribution in [0.1, 0.15) is 29.6 Å². The van der Waals surface area contributed by atoms with Crippen molar-refractivity contribution in [1.82, 2.24) is 10.6 Å². The maximum absolute atomic E-state index is 12.4. The lowest BCUT2D eigenvalue weighted by molar-refractivity contribution is 0.0924. The number of para-hydroxylation sites is 1. The van der Waals surface area contributed by atoms with E-state index in [9.17, 15) is 4.79 Å². The van der Waals surface area contributed by atoms with Crippen molar-refractivity contribution in [2.24, 2.45) is 0 Å². The summed E-state index contributed by atoms with van der Waals surface area (Å²) >= 11 is 0. The highest BCUT2D eigenvalue weighted by Crippen LogP contribution is 2.33. The van der Waals surface area contributed by atoms with Gasteiger partial charge in [-0.2, -0.15) is 0 Å². The molecule has 1 unspecified atom stereocenters. The summed E-state index contributed by atoms with van der Waals surface area (Å²) in [5, 5.41) is 6.43. The summed E-state index contributed by atoms with van der Waals surface area (Å²) in [7, 11) is 0. The molecule has 5 heteroatoms.